The molecule has 0 N–H and O–H groups in total. The number of likely N-dealkylation sites (tertiary alicyclic amines) is 1. The van der Waals surface area contributed by atoms with E-state index in [0.717, 1.165) is 39.4 Å². The zero-order chi connectivity index (χ0) is 16.1. The van der Waals surface area contributed by atoms with Gasteiger partial charge < -0.3 is 9.64 Å². The fourth-order valence-corrected chi connectivity index (χ4v) is 4.32. The van der Waals surface area contributed by atoms with Crippen LogP contribution in [0, 0.1) is 0 Å². The lowest BCUT2D eigenvalue weighted by Gasteiger charge is -2.35. The molecule has 0 aliphatic carbocycles. The number of hydrogen-bond acceptors (Lipinski definition) is 4. The van der Waals surface area contributed by atoms with Crippen LogP contribution in [0.1, 0.15) is 45.4 Å². The van der Waals surface area contributed by atoms with Crippen LogP contribution in [-0.4, -0.2) is 85.2 Å². The van der Waals surface area contributed by atoms with Crippen molar-refractivity contribution in [3.63, 3.8) is 0 Å². The van der Waals surface area contributed by atoms with Crippen LogP contribution < -0.4 is 0 Å². The van der Waals surface area contributed by atoms with E-state index in [0.29, 0.717) is 24.5 Å². The summed E-state index contributed by atoms with van der Waals surface area (Å²) in [6.07, 6.45) is 7.14. The molecule has 3 fully saturated rings. The van der Waals surface area contributed by atoms with Gasteiger partial charge in [0.25, 0.3) is 0 Å². The minimum atomic E-state index is 0.344. The normalized spacial score (nSPS) is 29.4. The molecule has 23 heavy (non-hydrogen) atoms. The summed E-state index contributed by atoms with van der Waals surface area (Å²) in [5, 5.41) is 0. The van der Waals surface area contributed by atoms with Gasteiger partial charge in [0.1, 0.15) is 0 Å². The second-order valence-corrected chi connectivity index (χ2v) is 7.44. The summed E-state index contributed by atoms with van der Waals surface area (Å²) in [7, 11) is 0. The van der Waals surface area contributed by atoms with Gasteiger partial charge in [-0.1, -0.05) is 0 Å². The van der Waals surface area contributed by atoms with E-state index >= 15 is 0 Å². The van der Waals surface area contributed by atoms with Crippen molar-refractivity contribution < 1.29 is 9.53 Å². The third-order valence-corrected chi connectivity index (χ3v) is 5.81. The molecule has 0 spiro atoms. The first-order chi connectivity index (χ1) is 11.2. The summed E-state index contributed by atoms with van der Waals surface area (Å²) < 4.78 is 5.49. The van der Waals surface area contributed by atoms with Crippen LogP contribution in [0.4, 0.5) is 0 Å². The van der Waals surface area contributed by atoms with E-state index in [9.17, 15) is 4.79 Å². The van der Waals surface area contributed by atoms with Crippen molar-refractivity contribution in [2.75, 3.05) is 52.5 Å². The predicted octanol–water partition coefficient (Wildman–Crippen LogP) is 1.57. The average molecular weight is 323 g/mol. The highest BCUT2D eigenvalue weighted by Gasteiger charge is 2.27. The number of nitrogens with zero attached hydrogens (tertiary/aromatic N) is 3. The first-order valence-electron chi connectivity index (χ1n) is 9.57. The van der Waals surface area contributed by atoms with Gasteiger partial charge in [0, 0.05) is 44.9 Å². The molecule has 0 radical (unpaired) electrons. The van der Waals surface area contributed by atoms with E-state index in [1.54, 1.807) is 0 Å². The Balaban J connectivity index is 1.46. The molecule has 3 rings (SSSR count). The molecule has 3 aliphatic rings. The Morgan fingerprint density at radius 3 is 2.57 bits per heavy atom. The van der Waals surface area contributed by atoms with E-state index in [2.05, 4.69) is 21.6 Å². The van der Waals surface area contributed by atoms with Crippen molar-refractivity contribution >= 4 is 5.91 Å². The highest BCUT2D eigenvalue weighted by molar-refractivity contribution is 5.78. The summed E-state index contributed by atoms with van der Waals surface area (Å²) in [4.78, 5) is 19.8. The second kappa shape index (κ2) is 8.45. The minimum absolute atomic E-state index is 0.344. The van der Waals surface area contributed by atoms with Crippen molar-refractivity contribution in [2.45, 2.75) is 57.5 Å². The van der Waals surface area contributed by atoms with Crippen LogP contribution in [0.5, 0.6) is 0 Å². The molecule has 3 heterocycles. The molecule has 1 amide bonds. The molecule has 0 aromatic heterocycles. The molecule has 132 valence electrons. The molecular formula is C18H33N3O2. The molecule has 1 unspecified atom stereocenters. The van der Waals surface area contributed by atoms with Crippen LogP contribution in [0.25, 0.3) is 0 Å². The van der Waals surface area contributed by atoms with E-state index in [4.69, 9.17) is 4.74 Å². The van der Waals surface area contributed by atoms with Crippen LogP contribution in [0.2, 0.25) is 0 Å². The lowest BCUT2D eigenvalue weighted by atomic mass is 10.0. The van der Waals surface area contributed by atoms with Gasteiger partial charge in [-0.2, -0.15) is 0 Å². The first kappa shape index (κ1) is 17.2. The van der Waals surface area contributed by atoms with E-state index < -0.39 is 0 Å². The number of carbonyl (C=O) groups is 1. The number of rotatable bonds is 3. The molecule has 5 heteroatoms. The minimum Gasteiger partial charge on any atom is -0.381 e. The predicted molar refractivity (Wildman–Crippen MR) is 91.5 cm³/mol. The third kappa shape index (κ3) is 4.68. The maximum atomic E-state index is 12.6. The molecular weight excluding hydrogens is 290 g/mol. The lowest BCUT2D eigenvalue weighted by Crippen LogP contribution is -2.47. The number of hydrogen-bond donors (Lipinski definition) is 0. The Labute approximate surface area is 140 Å². The van der Waals surface area contributed by atoms with Crippen LogP contribution in [-0.2, 0) is 9.53 Å². The fraction of sp³-hybridized carbons (Fsp3) is 0.944. The molecule has 5 nitrogen and oxygen atoms in total. The van der Waals surface area contributed by atoms with Crippen LogP contribution in [0.3, 0.4) is 0 Å². The van der Waals surface area contributed by atoms with Gasteiger partial charge in [-0.3, -0.25) is 14.6 Å². The van der Waals surface area contributed by atoms with E-state index in [1.807, 2.05) is 0 Å². The van der Waals surface area contributed by atoms with Gasteiger partial charge in [-0.05, 0) is 58.5 Å². The number of amides is 1. The average Bonchev–Trinajstić information content (AvgIpc) is 2.81. The van der Waals surface area contributed by atoms with Crippen molar-refractivity contribution in [3.05, 3.63) is 0 Å². The Morgan fingerprint density at radius 2 is 1.78 bits per heavy atom. The molecule has 0 saturated carbocycles. The Kier molecular flexibility index (Phi) is 6.31. The summed E-state index contributed by atoms with van der Waals surface area (Å²) in [5.41, 5.74) is 0. The van der Waals surface area contributed by atoms with Gasteiger partial charge in [0.2, 0.25) is 5.91 Å². The highest BCUT2D eigenvalue weighted by atomic mass is 16.5. The first-order valence-corrected chi connectivity index (χ1v) is 9.57. The lowest BCUT2D eigenvalue weighted by molar-refractivity contribution is -0.135. The van der Waals surface area contributed by atoms with Crippen molar-refractivity contribution in [1.82, 2.24) is 14.7 Å². The monoisotopic (exact) mass is 323 g/mol. The molecule has 3 saturated heterocycles. The zero-order valence-corrected chi connectivity index (χ0v) is 14.7. The van der Waals surface area contributed by atoms with Crippen LogP contribution >= 0.6 is 0 Å². The Morgan fingerprint density at radius 1 is 0.957 bits per heavy atom. The van der Waals surface area contributed by atoms with Gasteiger partial charge in [-0.15, -0.1) is 0 Å². The Hall–Kier alpha value is -0.650. The zero-order valence-electron chi connectivity index (χ0n) is 14.7. The molecule has 0 aromatic carbocycles. The molecule has 0 aromatic rings. The SMILES string of the molecule is CC1CCCCN1C(=O)CN1CCCN(C2CCOCC2)CC1. The van der Waals surface area contributed by atoms with Gasteiger partial charge in [-0.25, -0.2) is 0 Å². The fourth-order valence-electron chi connectivity index (χ4n) is 4.32. The maximum absolute atomic E-state index is 12.6. The quantitative estimate of drug-likeness (QED) is 0.790. The van der Waals surface area contributed by atoms with Crippen LogP contribution in [0.15, 0.2) is 0 Å². The summed E-state index contributed by atoms with van der Waals surface area (Å²) in [6.45, 7) is 9.98. The summed E-state index contributed by atoms with van der Waals surface area (Å²) in [6, 6.07) is 1.13. The Bertz CT molecular complexity index is 384. The molecule has 0 bridgehead atoms. The smallest absolute Gasteiger partial charge is 0.236 e. The van der Waals surface area contributed by atoms with E-state index in [1.165, 1.54) is 45.1 Å². The largest absolute Gasteiger partial charge is 0.381 e. The topological polar surface area (TPSA) is 36.0 Å². The molecule has 1 atom stereocenters. The van der Waals surface area contributed by atoms with Gasteiger partial charge in [0.05, 0.1) is 6.54 Å². The van der Waals surface area contributed by atoms with E-state index in [-0.39, 0.29) is 0 Å². The van der Waals surface area contributed by atoms with Crippen molar-refractivity contribution in [2.24, 2.45) is 0 Å². The second-order valence-electron chi connectivity index (χ2n) is 7.44. The van der Waals surface area contributed by atoms with Crippen molar-refractivity contribution in [1.29, 1.82) is 0 Å². The number of piperidine rings is 1. The van der Waals surface area contributed by atoms with Gasteiger partial charge in [0.15, 0.2) is 0 Å². The molecule has 3 aliphatic heterocycles. The van der Waals surface area contributed by atoms with Gasteiger partial charge >= 0.3 is 0 Å². The standard InChI is InChI=1S/C18H33N3O2/c1-16-5-2-3-10-21(16)18(22)15-19-8-4-9-20(12-11-19)17-6-13-23-14-7-17/h16-17H,2-15H2,1H3. The van der Waals surface area contributed by atoms with Crippen molar-refractivity contribution in [3.8, 4) is 0 Å². The third-order valence-electron chi connectivity index (χ3n) is 5.81. The number of ether oxygens (including phenoxy) is 1. The summed E-state index contributed by atoms with van der Waals surface area (Å²) >= 11 is 0. The maximum Gasteiger partial charge on any atom is 0.236 e. The summed E-state index contributed by atoms with van der Waals surface area (Å²) in [5.74, 6) is 0.344. The number of carbonyl (C=O) groups excluding carboxylic acids is 1. The highest BCUT2D eigenvalue weighted by Crippen LogP contribution is 2.18.